The Kier molecular flexibility index (Phi) is 6.12. The van der Waals surface area contributed by atoms with Crippen molar-refractivity contribution >= 4 is 17.6 Å². The van der Waals surface area contributed by atoms with Crippen molar-refractivity contribution < 1.29 is 14.3 Å². The predicted molar refractivity (Wildman–Crippen MR) is 112 cm³/mol. The van der Waals surface area contributed by atoms with E-state index < -0.39 is 11.4 Å². The summed E-state index contributed by atoms with van der Waals surface area (Å²) in [6.07, 6.45) is 1.82. The molecule has 3 aromatic rings. The van der Waals surface area contributed by atoms with E-state index >= 15 is 0 Å². The van der Waals surface area contributed by atoms with Crippen LogP contribution in [0.1, 0.15) is 36.8 Å². The number of hydrogen-bond donors (Lipinski definition) is 1. The van der Waals surface area contributed by atoms with E-state index in [9.17, 15) is 9.59 Å². The highest BCUT2D eigenvalue weighted by Crippen LogP contribution is 2.28. The molecule has 0 saturated heterocycles. The molecule has 1 heterocycles. The molecule has 0 fully saturated rings. The summed E-state index contributed by atoms with van der Waals surface area (Å²) in [5.74, 6) is -0.580. The van der Waals surface area contributed by atoms with Crippen molar-refractivity contribution in [2.75, 3.05) is 11.9 Å². The van der Waals surface area contributed by atoms with Crippen molar-refractivity contribution in [3.63, 3.8) is 0 Å². The van der Waals surface area contributed by atoms with Gasteiger partial charge in [0.2, 0.25) is 5.91 Å². The highest BCUT2D eigenvalue weighted by molar-refractivity contribution is 5.95. The Morgan fingerprint density at radius 1 is 1.03 bits per heavy atom. The third-order valence-corrected chi connectivity index (χ3v) is 4.62. The zero-order chi connectivity index (χ0) is 20.9. The molecule has 0 unspecified atom stereocenters. The van der Waals surface area contributed by atoms with Gasteiger partial charge in [-0.2, -0.15) is 5.10 Å². The maximum absolute atomic E-state index is 13.0. The van der Waals surface area contributed by atoms with Crippen LogP contribution in [-0.2, 0) is 16.0 Å². The molecule has 0 radical (unpaired) electrons. The number of hydrogen-bond acceptors (Lipinski definition) is 4. The number of aromatic nitrogens is 2. The van der Waals surface area contributed by atoms with Crippen LogP contribution in [0.15, 0.2) is 66.9 Å². The molecule has 0 aliphatic heterocycles. The standard InChI is InChI=1S/C23H25N3O3/c1-4-29-21(27)19-16-24-26(18-13-9-6-10-14-18)20(19)15-23(2,3)22(28)25-17-11-7-5-8-12-17/h5-14,16H,4,15H2,1-3H3,(H,25,28). The van der Waals surface area contributed by atoms with Crippen LogP contribution in [0, 0.1) is 5.41 Å². The first-order valence-corrected chi connectivity index (χ1v) is 9.58. The van der Waals surface area contributed by atoms with Gasteiger partial charge in [0.25, 0.3) is 0 Å². The summed E-state index contributed by atoms with van der Waals surface area (Å²) in [4.78, 5) is 25.4. The maximum Gasteiger partial charge on any atom is 0.341 e. The fraction of sp³-hybridized carbons (Fsp3) is 0.261. The summed E-state index contributed by atoms with van der Waals surface area (Å²) >= 11 is 0. The molecule has 1 amide bonds. The molecule has 6 nitrogen and oxygen atoms in total. The van der Waals surface area contributed by atoms with Gasteiger partial charge in [-0.1, -0.05) is 50.2 Å². The minimum Gasteiger partial charge on any atom is -0.462 e. The second-order valence-corrected chi connectivity index (χ2v) is 7.35. The van der Waals surface area contributed by atoms with E-state index in [0.29, 0.717) is 17.7 Å². The van der Waals surface area contributed by atoms with Gasteiger partial charge in [0.15, 0.2) is 0 Å². The van der Waals surface area contributed by atoms with E-state index in [4.69, 9.17) is 4.74 Å². The first-order valence-electron chi connectivity index (χ1n) is 9.58. The number of para-hydroxylation sites is 2. The van der Waals surface area contributed by atoms with Crippen molar-refractivity contribution in [1.29, 1.82) is 0 Å². The van der Waals surface area contributed by atoms with Gasteiger partial charge in [-0.25, -0.2) is 9.48 Å². The van der Waals surface area contributed by atoms with Gasteiger partial charge in [0, 0.05) is 17.5 Å². The maximum atomic E-state index is 13.0. The average Bonchev–Trinajstić information content (AvgIpc) is 3.12. The van der Waals surface area contributed by atoms with E-state index in [1.165, 1.54) is 6.20 Å². The van der Waals surface area contributed by atoms with Gasteiger partial charge in [0.1, 0.15) is 5.56 Å². The highest BCUT2D eigenvalue weighted by Gasteiger charge is 2.32. The summed E-state index contributed by atoms with van der Waals surface area (Å²) in [6, 6.07) is 18.8. The smallest absolute Gasteiger partial charge is 0.341 e. The number of esters is 1. The quantitative estimate of drug-likeness (QED) is 0.611. The molecular formula is C23H25N3O3. The average molecular weight is 391 g/mol. The van der Waals surface area contributed by atoms with Crippen LogP contribution in [0.3, 0.4) is 0 Å². The number of carbonyl (C=O) groups excluding carboxylic acids is 2. The second kappa shape index (κ2) is 8.73. The molecule has 29 heavy (non-hydrogen) atoms. The normalized spacial score (nSPS) is 11.1. The summed E-state index contributed by atoms with van der Waals surface area (Å²) in [6.45, 7) is 5.73. The molecule has 3 rings (SSSR count). The summed E-state index contributed by atoms with van der Waals surface area (Å²) in [7, 11) is 0. The first kappa shape index (κ1) is 20.3. The minimum absolute atomic E-state index is 0.140. The Labute approximate surface area is 170 Å². The van der Waals surface area contributed by atoms with E-state index in [2.05, 4.69) is 10.4 Å². The number of nitrogens with zero attached hydrogens (tertiary/aromatic N) is 2. The van der Waals surface area contributed by atoms with E-state index in [1.54, 1.807) is 11.6 Å². The lowest BCUT2D eigenvalue weighted by atomic mass is 9.85. The highest BCUT2D eigenvalue weighted by atomic mass is 16.5. The van der Waals surface area contributed by atoms with Crippen molar-refractivity contribution in [1.82, 2.24) is 9.78 Å². The number of amides is 1. The number of carbonyl (C=O) groups is 2. The monoisotopic (exact) mass is 391 g/mol. The van der Waals surface area contributed by atoms with Crippen LogP contribution in [0.2, 0.25) is 0 Å². The molecule has 0 aliphatic carbocycles. The van der Waals surface area contributed by atoms with Crippen molar-refractivity contribution in [3.05, 3.63) is 78.1 Å². The van der Waals surface area contributed by atoms with E-state index in [0.717, 1.165) is 11.4 Å². The Bertz CT molecular complexity index is 979. The zero-order valence-corrected chi connectivity index (χ0v) is 16.9. The van der Waals surface area contributed by atoms with Crippen LogP contribution in [0.5, 0.6) is 0 Å². The van der Waals surface area contributed by atoms with Gasteiger partial charge in [-0.05, 0) is 31.2 Å². The third kappa shape index (κ3) is 4.71. The lowest BCUT2D eigenvalue weighted by Gasteiger charge is -2.24. The fourth-order valence-corrected chi connectivity index (χ4v) is 3.04. The van der Waals surface area contributed by atoms with E-state index in [-0.39, 0.29) is 12.5 Å². The van der Waals surface area contributed by atoms with Crippen LogP contribution < -0.4 is 5.32 Å². The van der Waals surface area contributed by atoms with Crippen molar-refractivity contribution in [2.45, 2.75) is 27.2 Å². The topological polar surface area (TPSA) is 73.2 Å². The molecule has 1 N–H and O–H groups in total. The summed E-state index contributed by atoms with van der Waals surface area (Å²) in [5, 5.41) is 7.34. The number of ether oxygens (including phenoxy) is 1. The second-order valence-electron chi connectivity index (χ2n) is 7.35. The molecule has 0 bridgehead atoms. The molecule has 1 aromatic heterocycles. The van der Waals surface area contributed by atoms with Crippen LogP contribution >= 0.6 is 0 Å². The number of benzene rings is 2. The number of rotatable bonds is 7. The minimum atomic E-state index is -0.788. The molecule has 0 saturated carbocycles. The van der Waals surface area contributed by atoms with Crippen LogP contribution in [0.25, 0.3) is 5.69 Å². The predicted octanol–water partition coefficient (Wildman–Crippen LogP) is 4.26. The largest absolute Gasteiger partial charge is 0.462 e. The van der Waals surface area contributed by atoms with Gasteiger partial charge in [-0.3, -0.25) is 4.79 Å². The fourth-order valence-electron chi connectivity index (χ4n) is 3.04. The first-order chi connectivity index (χ1) is 13.9. The Balaban J connectivity index is 1.94. The Morgan fingerprint density at radius 3 is 2.28 bits per heavy atom. The molecule has 0 spiro atoms. The third-order valence-electron chi connectivity index (χ3n) is 4.62. The molecule has 0 atom stereocenters. The lowest BCUT2D eigenvalue weighted by Crippen LogP contribution is -2.34. The van der Waals surface area contributed by atoms with E-state index in [1.807, 2.05) is 74.5 Å². The van der Waals surface area contributed by atoms with Gasteiger partial charge in [-0.15, -0.1) is 0 Å². The molecule has 150 valence electrons. The summed E-state index contributed by atoms with van der Waals surface area (Å²) in [5.41, 5.74) is 1.77. The van der Waals surface area contributed by atoms with Gasteiger partial charge < -0.3 is 10.1 Å². The molecule has 6 heteroatoms. The molecular weight excluding hydrogens is 366 g/mol. The van der Waals surface area contributed by atoms with Crippen LogP contribution in [-0.4, -0.2) is 28.3 Å². The Morgan fingerprint density at radius 2 is 1.66 bits per heavy atom. The van der Waals surface area contributed by atoms with Gasteiger partial charge >= 0.3 is 5.97 Å². The van der Waals surface area contributed by atoms with Crippen molar-refractivity contribution in [2.24, 2.45) is 5.41 Å². The van der Waals surface area contributed by atoms with Gasteiger partial charge in [0.05, 0.1) is 24.2 Å². The number of anilines is 1. The number of nitrogens with one attached hydrogen (secondary N) is 1. The van der Waals surface area contributed by atoms with Crippen molar-refractivity contribution in [3.8, 4) is 5.69 Å². The zero-order valence-electron chi connectivity index (χ0n) is 16.9. The molecule has 2 aromatic carbocycles. The SMILES string of the molecule is CCOC(=O)c1cnn(-c2ccccc2)c1CC(C)(C)C(=O)Nc1ccccc1. The van der Waals surface area contributed by atoms with Crippen LogP contribution in [0.4, 0.5) is 5.69 Å². The Hall–Kier alpha value is -3.41. The molecule has 0 aliphatic rings. The lowest BCUT2D eigenvalue weighted by molar-refractivity contribution is -0.124. The summed E-state index contributed by atoms with van der Waals surface area (Å²) < 4.78 is 6.89.